The van der Waals surface area contributed by atoms with Crippen molar-refractivity contribution in [1.82, 2.24) is 10.9 Å². The maximum absolute atomic E-state index is 11.5. The van der Waals surface area contributed by atoms with E-state index in [0.29, 0.717) is 10.7 Å². The van der Waals surface area contributed by atoms with Gasteiger partial charge in [-0.1, -0.05) is 17.7 Å². The number of halogens is 1. The normalized spacial score (nSPS) is 9.74. The molecule has 3 N–H and O–H groups in total. The first-order valence-electron chi connectivity index (χ1n) is 5.31. The zero-order valence-corrected chi connectivity index (χ0v) is 10.4. The number of hydrogen-bond acceptors (Lipinski definition) is 3. The predicted molar refractivity (Wildman–Crippen MR) is 69.8 cm³/mol. The van der Waals surface area contributed by atoms with E-state index in [1.165, 1.54) is 12.3 Å². The van der Waals surface area contributed by atoms with Crippen molar-refractivity contribution in [3.8, 4) is 0 Å². The van der Waals surface area contributed by atoms with Crippen molar-refractivity contribution in [3.63, 3.8) is 0 Å². The zero-order valence-electron chi connectivity index (χ0n) is 9.64. The minimum absolute atomic E-state index is 0.100. The van der Waals surface area contributed by atoms with E-state index in [2.05, 4.69) is 16.2 Å². The van der Waals surface area contributed by atoms with Crippen LogP contribution in [-0.4, -0.2) is 11.9 Å². The van der Waals surface area contributed by atoms with Gasteiger partial charge in [-0.15, -0.1) is 0 Å². The van der Waals surface area contributed by atoms with Crippen molar-refractivity contribution in [2.24, 2.45) is 0 Å². The number of carbonyl (C=O) groups excluding carboxylic acids is 2. The summed E-state index contributed by atoms with van der Waals surface area (Å²) in [6.45, 7) is 0. The molecule has 0 saturated carbocycles. The van der Waals surface area contributed by atoms with Gasteiger partial charge in [0.2, 0.25) is 0 Å². The Bertz CT molecular complexity index is 584. The monoisotopic (exact) mass is 279 g/mol. The van der Waals surface area contributed by atoms with E-state index in [0.717, 1.165) is 0 Å². The molecule has 0 unspecified atom stereocenters. The molecule has 0 atom stereocenters. The first kappa shape index (κ1) is 13.0. The van der Waals surface area contributed by atoms with Crippen LogP contribution in [0.25, 0.3) is 0 Å². The van der Waals surface area contributed by atoms with Crippen LogP contribution in [0.1, 0.15) is 10.6 Å². The number of nitrogens with one attached hydrogen (secondary N) is 3. The largest absolute Gasteiger partial charge is 0.459 e. The highest BCUT2D eigenvalue weighted by Gasteiger charge is 2.09. The van der Waals surface area contributed by atoms with Gasteiger partial charge in [0.05, 0.1) is 6.26 Å². The van der Waals surface area contributed by atoms with Crippen molar-refractivity contribution in [2.45, 2.75) is 0 Å². The van der Waals surface area contributed by atoms with Gasteiger partial charge in [0.25, 0.3) is 0 Å². The Morgan fingerprint density at radius 2 is 1.95 bits per heavy atom. The Hall–Kier alpha value is -2.47. The van der Waals surface area contributed by atoms with Gasteiger partial charge in [0, 0.05) is 10.7 Å². The van der Waals surface area contributed by atoms with Crippen LogP contribution in [0.15, 0.2) is 47.1 Å². The highest BCUT2D eigenvalue weighted by atomic mass is 35.5. The van der Waals surface area contributed by atoms with E-state index in [1.807, 2.05) is 0 Å². The molecule has 0 radical (unpaired) electrons. The Kier molecular flexibility index (Phi) is 4.04. The number of hydrogen-bond donors (Lipinski definition) is 3. The molecule has 0 aliphatic heterocycles. The van der Waals surface area contributed by atoms with Crippen LogP contribution in [0.3, 0.4) is 0 Å². The molecule has 0 aliphatic carbocycles. The minimum atomic E-state index is -0.595. The summed E-state index contributed by atoms with van der Waals surface area (Å²) in [5.74, 6) is -0.450. The molecule has 7 heteroatoms. The average Bonchev–Trinajstić information content (AvgIpc) is 2.90. The fourth-order valence-corrected chi connectivity index (χ4v) is 1.50. The third-order valence-corrected chi connectivity index (χ3v) is 2.35. The number of rotatable bonds is 2. The molecule has 1 heterocycles. The molecule has 0 spiro atoms. The number of benzene rings is 1. The van der Waals surface area contributed by atoms with Crippen molar-refractivity contribution < 1.29 is 14.0 Å². The van der Waals surface area contributed by atoms with Crippen LogP contribution in [-0.2, 0) is 0 Å². The van der Waals surface area contributed by atoms with E-state index < -0.39 is 11.9 Å². The molecule has 0 bridgehead atoms. The molecule has 1 aromatic carbocycles. The lowest BCUT2D eigenvalue weighted by molar-refractivity contribution is 0.0910. The van der Waals surface area contributed by atoms with Gasteiger partial charge < -0.3 is 9.73 Å². The molecule has 2 rings (SSSR count). The van der Waals surface area contributed by atoms with E-state index in [-0.39, 0.29) is 5.76 Å². The maximum atomic E-state index is 11.5. The fraction of sp³-hybridized carbons (Fsp3) is 0. The number of anilines is 1. The highest BCUT2D eigenvalue weighted by Crippen LogP contribution is 2.14. The van der Waals surface area contributed by atoms with Gasteiger partial charge in [-0.05, 0) is 30.3 Å². The quantitative estimate of drug-likeness (QED) is 0.738. The predicted octanol–water partition coefficient (Wildman–Crippen LogP) is 2.40. The fourth-order valence-electron chi connectivity index (χ4n) is 1.31. The molecule has 19 heavy (non-hydrogen) atoms. The smallest absolute Gasteiger partial charge is 0.337 e. The van der Waals surface area contributed by atoms with Crippen LogP contribution >= 0.6 is 11.6 Å². The summed E-state index contributed by atoms with van der Waals surface area (Å²) in [5.41, 5.74) is 4.89. The summed E-state index contributed by atoms with van der Waals surface area (Å²) in [4.78, 5) is 22.9. The first-order valence-corrected chi connectivity index (χ1v) is 5.69. The lowest BCUT2D eigenvalue weighted by Gasteiger charge is -2.08. The molecular weight excluding hydrogens is 270 g/mol. The molecular formula is C12H10ClN3O3. The molecule has 0 aliphatic rings. The standard InChI is InChI=1S/C12H10ClN3O3/c13-8-3-1-4-9(7-8)14-12(18)16-15-11(17)10-5-2-6-19-10/h1-7H,(H,15,17)(H2,14,16,18). The second-order valence-electron chi connectivity index (χ2n) is 3.52. The minimum Gasteiger partial charge on any atom is -0.459 e. The van der Waals surface area contributed by atoms with Gasteiger partial charge in [-0.25, -0.2) is 10.2 Å². The Morgan fingerprint density at radius 3 is 2.63 bits per heavy atom. The summed E-state index contributed by atoms with van der Waals surface area (Å²) in [6.07, 6.45) is 1.36. The van der Waals surface area contributed by atoms with Crippen LogP contribution in [0, 0.1) is 0 Å². The first-order chi connectivity index (χ1) is 9.15. The number of urea groups is 1. The van der Waals surface area contributed by atoms with Crippen LogP contribution in [0.5, 0.6) is 0 Å². The van der Waals surface area contributed by atoms with Gasteiger partial charge in [-0.3, -0.25) is 10.2 Å². The van der Waals surface area contributed by atoms with Crippen molar-refractivity contribution in [2.75, 3.05) is 5.32 Å². The molecule has 1 aromatic heterocycles. The summed E-state index contributed by atoms with van der Waals surface area (Å²) < 4.78 is 4.86. The van der Waals surface area contributed by atoms with Gasteiger partial charge in [-0.2, -0.15) is 0 Å². The average molecular weight is 280 g/mol. The number of furan rings is 1. The molecule has 0 fully saturated rings. The van der Waals surface area contributed by atoms with Crippen molar-refractivity contribution in [1.29, 1.82) is 0 Å². The van der Waals surface area contributed by atoms with Crippen molar-refractivity contribution >= 4 is 29.2 Å². The topological polar surface area (TPSA) is 83.4 Å². The Balaban J connectivity index is 1.83. The number of carbonyl (C=O) groups is 2. The van der Waals surface area contributed by atoms with Crippen LogP contribution in [0.2, 0.25) is 5.02 Å². The maximum Gasteiger partial charge on any atom is 0.337 e. The Labute approximate surface area is 113 Å². The lowest BCUT2D eigenvalue weighted by Crippen LogP contribution is -2.43. The van der Waals surface area contributed by atoms with E-state index in [1.54, 1.807) is 30.3 Å². The SMILES string of the molecule is O=C(NNC(=O)c1ccco1)Nc1cccc(Cl)c1. The highest BCUT2D eigenvalue weighted by molar-refractivity contribution is 6.30. The van der Waals surface area contributed by atoms with E-state index in [4.69, 9.17) is 16.0 Å². The summed E-state index contributed by atoms with van der Waals surface area (Å²) >= 11 is 5.77. The summed E-state index contributed by atoms with van der Waals surface area (Å²) in [5, 5.41) is 3.00. The third kappa shape index (κ3) is 3.75. The van der Waals surface area contributed by atoms with Crippen molar-refractivity contribution in [3.05, 3.63) is 53.4 Å². The van der Waals surface area contributed by atoms with Gasteiger partial charge in [0.1, 0.15) is 0 Å². The molecule has 3 amide bonds. The van der Waals surface area contributed by atoms with Gasteiger partial charge in [0.15, 0.2) is 5.76 Å². The lowest BCUT2D eigenvalue weighted by atomic mass is 10.3. The molecule has 2 aromatic rings. The molecule has 6 nitrogen and oxygen atoms in total. The third-order valence-electron chi connectivity index (χ3n) is 2.12. The molecule has 98 valence electrons. The second-order valence-corrected chi connectivity index (χ2v) is 3.96. The van der Waals surface area contributed by atoms with Gasteiger partial charge >= 0.3 is 11.9 Å². The Morgan fingerprint density at radius 1 is 1.11 bits per heavy atom. The summed E-state index contributed by atoms with van der Waals surface area (Å²) in [7, 11) is 0. The number of amides is 3. The van der Waals surface area contributed by atoms with E-state index in [9.17, 15) is 9.59 Å². The van der Waals surface area contributed by atoms with Crippen LogP contribution in [0.4, 0.5) is 10.5 Å². The number of hydrazine groups is 1. The second kappa shape index (κ2) is 5.92. The van der Waals surface area contributed by atoms with E-state index >= 15 is 0 Å². The zero-order chi connectivity index (χ0) is 13.7. The molecule has 0 saturated heterocycles. The van der Waals surface area contributed by atoms with Crippen LogP contribution < -0.4 is 16.2 Å². The summed E-state index contributed by atoms with van der Waals surface area (Å²) in [6, 6.07) is 9.08.